The van der Waals surface area contributed by atoms with E-state index in [1.165, 1.54) is 18.5 Å². The number of rotatable bonds is 5. The first-order valence-corrected chi connectivity index (χ1v) is 15.2. The van der Waals surface area contributed by atoms with Crippen LogP contribution in [0.4, 0.5) is 17.5 Å². The third kappa shape index (κ3) is 5.98. The average molecular weight is 550 g/mol. The first kappa shape index (κ1) is 25.8. The van der Waals surface area contributed by atoms with Crippen LogP contribution in [-0.2, 0) is 26.3 Å². The summed E-state index contributed by atoms with van der Waals surface area (Å²) in [6, 6.07) is 17.6. The lowest BCUT2D eigenvalue weighted by Crippen LogP contribution is -2.23. The lowest BCUT2D eigenvalue weighted by Gasteiger charge is -2.13. The summed E-state index contributed by atoms with van der Waals surface area (Å²) in [5, 5.41) is 6.51. The van der Waals surface area contributed by atoms with Gasteiger partial charge in [0.15, 0.2) is 0 Å². The van der Waals surface area contributed by atoms with Gasteiger partial charge in [0.05, 0.1) is 9.73 Å². The summed E-state index contributed by atoms with van der Waals surface area (Å²) in [6.07, 6.45) is 5.94. The molecule has 196 valence electrons. The third-order valence-electron chi connectivity index (χ3n) is 6.09. The molecule has 4 aromatic rings. The zero-order chi connectivity index (χ0) is 26.6. The van der Waals surface area contributed by atoms with Crippen molar-refractivity contribution in [3.8, 4) is 11.1 Å². The SMILES string of the molecule is N=S1(=O)CCCCNc2nc(ncc2-c2ccc(CNS(=O)(=O)c3cccnc3)cc2)Nc2cccc1c2. The molecule has 12 heteroatoms. The number of anilines is 3. The van der Waals surface area contributed by atoms with Gasteiger partial charge in [-0.1, -0.05) is 30.3 Å². The predicted molar refractivity (Wildman–Crippen MR) is 147 cm³/mol. The lowest BCUT2D eigenvalue weighted by molar-refractivity contribution is 0.581. The van der Waals surface area contributed by atoms with Crippen LogP contribution in [0, 0.1) is 4.78 Å². The Hall–Kier alpha value is -3.87. The number of fused-ring (bicyclic) bond motifs is 4. The van der Waals surface area contributed by atoms with Gasteiger partial charge in [0.25, 0.3) is 0 Å². The van der Waals surface area contributed by atoms with Crippen LogP contribution in [-0.4, -0.2) is 39.9 Å². The van der Waals surface area contributed by atoms with Gasteiger partial charge in [-0.05, 0) is 54.3 Å². The highest BCUT2D eigenvalue weighted by atomic mass is 32.2. The fourth-order valence-corrected chi connectivity index (χ4v) is 6.46. The molecule has 3 heterocycles. The monoisotopic (exact) mass is 549 g/mol. The van der Waals surface area contributed by atoms with Crippen molar-refractivity contribution in [3.63, 3.8) is 0 Å². The molecule has 0 saturated carbocycles. The Balaban J connectivity index is 1.36. The number of benzene rings is 2. The Labute approximate surface area is 222 Å². The van der Waals surface area contributed by atoms with E-state index in [1.54, 1.807) is 30.5 Å². The van der Waals surface area contributed by atoms with E-state index in [2.05, 4.69) is 30.3 Å². The number of hydrogen-bond acceptors (Lipinski definition) is 9. The number of sulfonamides is 1. The van der Waals surface area contributed by atoms with Gasteiger partial charge in [0.1, 0.15) is 10.7 Å². The molecule has 10 nitrogen and oxygen atoms in total. The molecule has 1 aliphatic heterocycles. The molecule has 1 aliphatic rings. The number of nitrogens with zero attached hydrogens (tertiary/aromatic N) is 3. The largest absolute Gasteiger partial charge is 0.369 e. The van der Waals surface area contributed by atoms with Crippen LogP contribution in [0.25, 0.3) is 11.1 Å². The second-order valence-corrected chi connectivity index (χ2v) is 12.8. The van der Waals surface area contributed by atoms with Crippen LogP contribution in [0.5, 0.6) is 0 Å². The van der Waals surface area contributed by atoms with Gasteiger partial charge in [-0.15, -0.1) is 0 Å². The van der Waals surface area contributed by atoms with Crippen molar-refractivity contribution < 1.29 is 12.6 Å². The molecule has 0 fully saturated rings. The Morgan fingerprint density at radius 2 is 1.87 bits per heavy atom. The number of aromatic nitrogens is 3. The molecule has 4 bridgehead atoms. The van der Waals surface area contributed by atoms with Gasteiger partial charge in [-0.3, -0.25) is 4.98 Å². The standard InChI is InChI=1S/C26H27N7O3S2/c27-37(34)14-2-1-13-29-25-24(18-30-26(33-25)32-21-5-3-6-22(37)15-21)20-10-8-19(9-11-20)16-31-38(35,36)23-7-4-12-28-17-23/h3-12,15,17-18,27,31H,1-2,13-14,16H2,(H2,29,30,32,33). The molecule has 0 spiro atoms. The van der Waals surface area contributed by atoms with Crippen molar-refractivity contribution in [2.24, 2.45) is 0 Å². The molecule has 5 rings (SSSR count). The molecule has 38 heavy (non-hydrogen) atoms. The van der Waals surface area contributed by atoms with E-state index in [9.17, 15) is 12.6 Å². The van der Waals surface area contributed by atoms with Crippen molar-refractivity contribution in [1.29, 1.82) is 4.78 Å². The fraction of sp³-hybridized carbons (Fsp3) is 0.192. The van der Waals surface area contributed by atoms with Gasteiger partial charge >= 0.3 is 0 Å². The van der Waals surface area contributed by atoms with Gasteiger partial charge in [-0.2, -0.15) is 4.98 Å². The zero-order valence-electron chi connectivity index (χ0n) is 20.4. The second kappa shape index (κ2) is 10.9. The fourth-order valence-electron chi connectivity index (χ4n) is 4.02. The van der Waals surface area contributed by atoms with E-state index in [1.807, 2.05) is 30.3 Å². The average Bonchev–Trinajstić information content (AvgIpc) is 2.93. The highest BCUT2D eigenvalue weighted by molar-refractivity contribution is 7.92. The Kier molecular flexibility index (Phi) is 7.36. The molecular formula is C26H27N7O3S2. The molecule has 0 radical (unpaired) electrons. The van der Waals surface area contributed by atoms with E-state index in [0.29, 0.717) is 41.1 Å². The molecule has 4 N–H and O–H groups in total. The summed E-state index contributed by atoms with van der Waals surface area (Å²) in [6.45, 7) is 0.741. The first-order chi connectivity index (χ1) is 18.3. The minimum atomic E-state index is -3.66. The van der Waals surface area contributed by atoms with E-state index >= 15 is 0 Å². The minimum absolute atomic E-state index is 0.116. The Morgan fingerprint density at radius 1 is 1.03 bits per heavy atom. The van der Waals surface area contributed by atoms with Crippen LogP contribution in [0.1, 0.15) is 18.4 Å². The molecule has 0 aliphatic carbocycles. The van der Waals surface area contributed by atoms with Crippen LogP contribution >= 0.6 is 0 Å². The van der Waals surface area contributed by atoms with Crippen LogP contribution in [0.2, 0.25) is 0 Å². The predicted octanol–water partition coefficient (Wildman–Crippen LogP) is 4.37. The first-order valence-electron chi connectivity index (χ1n) is 12.0. The van der Waals surface area contributed by atoms with Crippen molar-refractivity contribution in [1.82, 2.24) is 19.7 Å². The lowest BCUT2D eigenvalue weighted by atomic mass is 10.1. The van der Waals surface area contributed by atoms with Gasteiger partial charge in [0.2, 0.25) is 16.0 Å². The summed E-state index contributed by atoms with van der Waals surface area (Å²) in [4.78, 5) is 13.6. The van der Waals surface area contributed by atoms with Crippen LogP contribution in [0.15, 0.2) is 89.0 Å². The van der Waals surface area contributed by atoms with E-state index < -0.39 is 19.8 Å². The summed E-state index contributed by atoms with van der Waals surface area (Å²) in [5.41, 5.74) is 3.13. The Bertz CT molecular complexity index is 1640. The molecule has 1 unspecified atom stereocenters. The van der Waals surface area contributed by atoms with Crippen LogP contribution < -0.4 is 15.4 Å². The topological polar surface area (TPSA) is 150 Å². The van der Waals surface area contributed by atoms with E-state index in [4.69, 9.17) is 4.78 Å². The normalized spacial score (nSPS) is 17.7. The second-order valence-electron chi connectivity index (χ2n) is 8.83. The summed E-state index contributed by atoms with van der Waals surface area (Å²) in [7, 11) is -6.53. The van der Waals surface area contributed by atoms with E-state index in [-0.39, 0.29) is 11.4 Å². The maximum absolute atomic E-state index is 12.9. The van der Waals surface area contributed by atoms with Crippen molar-refractivity contribution in [2.45, 2.75) is 29.2 Å². The molecule has 1 atom stereocenters. The smallest absolute Gasteiger partial charge is 0.242 e. The summed E-state index contributed by atoms with van der Waals surface area (Å²) >= 11 is 0. The quantitative estimate of drug-likeness (QED) is 0.287. The molecule has 0 amide bonds. The van der Waals surface area contributed by atoms with Gasteiger partial charge in [0, 0.05) is 53.6 Å². The van der Waals surface area contributed by atoms with Crippen molar-refractivity contribution >= 4 is 37.2 Å². The number of nitrogens with one attached hydrogen (secondary N) is 4. The maximum atomic E-state index is 12.9. The van der Waals surface area contributed by atoms with Gasteiger partial charge in [-0.25, -0.2) is 27.1 Å². The number of hydrogen-bond donors (Lipinski definition) is 4. The zero-order valence-corrected chi connectivity index (χ0v) is 22.1. The summed E-state index contributed by atoms with van der Waals surface area (Å²) < 4.78 is 48.8. The molecular weight excluding hydrogens is 522 g/mol. The molecule has 2 aromatic heterocycles. The highest BCUT2D eigenvalue weighted by Gasteiger charge is 2.16. The van der Waals surface area contributed by atoms with Crippen molar-refractivity contribution in [2.75, 3.05) is 22.9 Å². The Morgan fingerprint density at radius 3 is 2.66 bits per heavy atom. The maximum Gasteiger partial charge on any atom is 0.242 e. The molecule has 0 saturated heterocycles. The van der Waals surface area contributed by atoms with Crippen molar-refractivity contribution in [3.05, 3.63) is 84.8 Å². The van der Waals surface area contributed by atoms with Gasteiger partial charge < -0.3 is 10.6 Å². The summed E-state index contributed by atoms with van der Waals surface area (Å²) in [5.74, 6) is 1.32. The van der Waals surface area contributed by atoms with E-state index in [0.717, 1.165) is 23.1 Å². The highest BCUT2D eigenvalue weighted by Crippen LogP contribution is 2.29. The number of pyridine rings is 1. The minimum Gasteiger partial charge on any atom is -0.369 e. The van der Waals surface area contributed by atoms with Crippen LogP contribution in [0.3, 0.4) is 0 Å². The molecule has 2 aromatic carbocycles. The third-order valence-corrected chi connectivity index (χ3v) is 9.35.